The maximum Gasteiger partial charge on any atom is 0.0575 e. The molecule has 1 aromatic rings. The number of benzene rings is 1. The molecule has 1 atom stereocenters. The van der Waals surface area contributed by atoms with Crippen LogP contribution in [0, 0.1) is 0 Å². The molecule has 0 spiro atoms. The monoisotopic (exact) mass is 177 g/mol. The summed E-state index contributed by atoms with van der Waals surface area (Å²) < 4.78 is 5.43. The van der Waals surface area contributed by atoms with Gasteiger partial charge in [0.1, 0.15) is 0 Å². The van der Waals surface area contributed by atoms with Crippen molar-refractivity contribution in [2.75, 3.05) is 19.8 Å². The first-order valence-corrected chi connectivity index (χ1v) is 4.71. The second-order valence-corrected chi connectivity index (χ2v) is 3.65. The Morgan fingerprint density at radius 1 is 1.31 bits per heavy atom. The molecule has 2 N–H and O–H groups in total. The van der Waals surface area contributed by atoms with Gasteiger partial charge in [-0.15, -0.1) is 0 Å². The quantitative estimate of drug-likeness (QED) is 0.739. The highest BCUT2D eigenvalue weighted by Crippen LogP contribution is 2.31. The van der Waals surface area contributed by atoms with Crippen LogP contribution in [0.4, 0.5) is 0 Å². The lowest BCUT2D eigenvalue weighted by molar-refractivity contribution is 0.178. The lowest BCUT2D eigenvalue weighted by Crippen LogP contribution is -2.35. The van der Waals surface area contributed by atoms with Crippen molar-refractivity contribution in [1.82, 2.24) is 0 Å². The van der Waals surface area contributed by atoms with Gasteiger partial charge in [0.25, 0.3) is 0 Å². The molecule has 1 saturated heterocycles. The van der Waals surface area contributed by atoms with Gasteiger partial charge < -0.3 is 10.5 Å². The first-order valence-electron chi connectivity index (χ1n) is 4.71. The van der Waals surface area contributed by atoms with Gasteiger partial charge >= 0.3 is 0 Å². The summed E-state index contributed by atoms with van der Waals surface area (Å²) in [5.74, 6) is 0. The molecule has 2 heteroatoms. The van der Waals surface area contributed by atoms with E-state index >= 15 is 0 Å². The molecule has 0 bridgehead atoms. The van der Waals surface area contributed by atoms with E-state index in [0.717, 1.165) is 19.6 Å². The topological polar surface area (TPSA) is 35.2 Å². The average molecular weight is 177 g/mol. The number of nitrogens with two attached hydrogens (primary N) is 1. The SMILES string of the molecule is NC[C@]1(c2ccccc2)CCOC1. The molecule has 0 aromatic heterocycles. The summed E-state index contributed by atoms with van der Waals surface area (Å²) in [5.41, 5.74) is 7.22. The third kappa shape index (κ3) is 1.47. The molecule has 2 nitrogen and oxygen atoms in total. The minimum absolute atomic E-state index is 0.0846. The highest BCUT2D eigenvalue weighted by atomic mass is 16.5. The van der Waals surface area contributed by atoms with Crippen LogP contribution in [0.2, 0.25) is 0 Å². The van der Waals surface area contributed by atoms with Crippen LogP contribution < -0.4 is 5.73 Å². The Kier molecular flexibility index (Phi) is 2.34. The smallest absolute Gasteiger partial charge is 0.0575 e. The zero-order valence-corrected chi connectivity index (χ0v) is 7.70. The van der Waals surface area contributed by atoms with E-state index in [4.69, 9.17) is 10.5 Å². The van der Waals surface area contributed by atoms with Gasteiger partial charge in [0.15, 0.2) is 0 Å². The molecule has 0 unspecified atom stereocenters. The third-order valence-corrected chi connectivity index (χ3v) is 2.88. The minimum atomic E-state index is 0.0846. The Bertz CT molecular complexity index is 265. The second-order valence-electron chi connectivity index (χ2n) is 3.65. The Morgan fingerprint density at radius 2 is 2.08 bits per heavy atom. The predicted octanol–water partition coefficient (Wildman–Crippen LogP) is 1.30. The van der Waals surface area contributed by atoms with Crippen molar-refractivity contribution in [3.05, 3.63) is 35.9 Å². The highest BCUT2D eigenvalue weighted by molar-refractivity contribution is 5.27. The summed E-state index contributed by atoms with van der Waals surface area (Å²) in [6.07, 6.45) is 1.05. The normalized spacial score (nSPS) is 27.8. The van der Waals surface area contributed by atoms with Crippen LogP contribution in [0.3, 0.4) is 0 Å². The van der Waals surface area contributed by atoms with Crippen molar-refractivity contribution >= 4 is 0 Å². The van der Waals surface area contributed by atoms with Crippen molar-refractivity contribution < 1.29 is 4.74 Å². The van der Waals surface area contributed by atoms with Crippen molar-refractivity contribution in [1.29, 1.82) is 0 Å². The predicted molar refractivity (Wildman–Crippen MR) is 52.6 cm³/mol. The minimum Gasteiger partial charge on any atom is -0.380 e. The molecule has 2 rings (SSSR count). The Hall–Kier alpha value is -0.860. The van der Waals surface area contributed by atoms with Gasteiger partial charge in [-0.2, -0.15) is 0 Å². The summed E-state index contributed by atoms with van der Waals surface area (Å²) in [6.45, 7) is 2.29. The van der Waals surface area contributed by atoms with Crippen LogP contribution >= 0.6 is 0 Å². The molecule has 1 aliphatic heterocycles. The first kappa shape index (κ1) is 8.73. The van der Waals surface area contributed by atoms with Crippen molar-refractivity contribution in [3.8, 4) is 0 Å². The molecular weight excluding hydrogens is 162 g/mol. The van der Waals surface area contributed by atoms with Crippen LogP contribution in [0.15, 0.2) is 30.3 Å². The summed E-state index contributed by atoms with van der Waals surface area (Å²) in [7, 11) is 0. The van der Waals surface area contributed by atoms with Gasteiger partial charge in [-0.1, -0.05) is 30.3 Å². The molecule has 1 aromatic carbocycles. The lowest BCUT2D eigenvalue weighted by Gasteiger charge is -2.25. The van der Waals surface area contributed by atoms with Crippen LogP contribution in [0.5, 0.6) is 0 Å². The number of hydrogen-bond donors (Lipinski definition) is 1. The van der Waals surface area contributed by atoms with E-state index < -0.39 is 0 Å². The lowest BCUT2D eigenvalue weighted by atomic mass is 9.80. The largest absolute Gasteiger partial charge is 0.380 e. The van der Waals surface area contributed by atoms with Crippen molar-refractivity contribution in [2.45, 2.75) is 11.8 Å². The number of hydrogen-bond acceptors (Lipinski definition) is 2. The molecule has 0 radical (unpaired) electrons. The van der Waals surface area contributed by atoms with Crippen LogP contribution in [0.1, 0.15) is 12.0 Å². The summed E-state index contributed by atoms with van der Waals surface area (Å²) in [4.78, 5) is 0. The zero-order chi connectivity index (χ0) is 9.15. The standard InChI is InChI=1S/C11H15NO/c12-8-11(6-7-13-9-11)10-4-2-1-3-5-10/h1-5H,6-9,12H2/t11-/m1/s1. The third-order valence-electron chi connectivity index (χ3n) is 2.88. The van der Waals surface area contributed by atoms with E-state index in [-0.39, 0.29) is 5.41 Å². The average Bonchev–Trinajstić information content (AvgIpc) is 2.69. The fourth-order valence-corrected chi connectivity index (χ4v) is 1.91. The molecule has 70 valence electrons. The molecule has 0 saturated carbocycles. The van der Waals surface area contributed by atoms with Crippen LogP contribution in [-0.4, -0.2) is 19.8 Å². The summed E-state index contributed by atoms with van der Waals surface area (Å²) in [5, 5.41) is 0. The molecule has 0 amide bonds. The van der Waals surface area contributed by atoms with Crippen LogP contribution in [-0.2, 0) is 10.2 Å². The van der Waals surface area contributed by atoms with Gasteiger partial charge in [-0.05, 0) is 12.0 Å². The maximum absolute atomic E-state index is 5.82. The highest BCUT2D eigenvalue weighted by Gasteiger charge is 2.34. The number of ether oxygens (including phenoxy) is 1. The van der Waals surface area contributed by atoms with Gasteiger partial charge in [0, 0.05) is 18.6 Å². The first-order chi connectivity index (χ1) is 6.37. The molecule has 1 fully saturated rings. The number of rotatable bonds is 2. The van der Waals surface area contributed by atoms with Crippen LogP contribution in [0.25, 0.3) is 0 Å². The summed E-state index contributed by atoms with van der Waals surface area (Å²) in [6, 6.07) is 10.4. The molecule has 1 heterocycles. The van der Waals surface area contributed by atoms with E-state index in [2.05, 4.69) is 24.3 Å². The second kappa shape index (κ2) is 3.48. The molecular formula is C11H15NO. The summed E-state index contributed by atoms with van der Waals surface area (Å²) >= 11 is 0. The zero-order valence-electron chi connectivity index (χ0n) is 7.70. The van der Waals surface area contributed by atoms with E-state index in [1.807, 2.05) is 6.07 Å². The molecule has 1 aliphatic rings. The Balaban J connectivity index is 2.31. The fraction of sp³-hybridized carbons (Fsp3) is 0.455. The van der Waals surface area contributed by atoms with Crippen molar-refractivity contribution in [2.24, 2.45) is 5.73 Å². The van der Waals surface area contributed by atoms with Gasteiger partial charge in [0.2, 0.25) is 0 Å². The Labute approximate surface area is 78.7 Å². The van der Waals surface area contributed by atoms with E-state index in [1.54, 1.807) is 0 Å². The fourth-order valence-electron chi connectivity index (χ4n) is 1.91. The van der Waals surface area contributed by atoms with Gasteiger partial charge in [-0.3, -0.25) is 0 Å². The van der Waals surface area contributed by atoms with E-state index in [0.29, 0.717) is 6.54 Å². The van der Waals surface area contributed by atoms with E-state index in [1.165, 1.54) is 5.56 Å². The van der Waals surface area contributed by atoms with Gasteiger partial charge in [0.05, 0.1) is 6.61 Å². The Morgan fingerprint density at radius 3 is 2.62 bits per heavy atom. The van der Waals surface area contributed by atoms with Crippen molar-refractivity contribution in [3.63, 3.8) is 0 Å². The van der Waals surface area contributed by atoms with Gasteiger partial charge in [-0.25, -0.2) is 0 Å². The molecule has 13 heavy (non-hydrogen) atoms. The molecule has 0 aliphatic carbocycles. The van der Waals surface area contributed by atoms with E-state index in [9.17, 15) is 0 Å². The maximum atomic E-state index is 5.82.